The van der Waals surface area contributed by atoms with Crippen LogP contribution in [0.1, 0.15) is 49.7 Å². The van der Waals surface area contributed by atoms with Crippen LogP contribution in [0, 0.1) is 0 Å². The molecular formula is C27H30N2O6. The van der Waals surface area contributed by atoms with Gasteiger partial charge < -0.3 is 24.8 Å². The predicted molar refractivity (Wildman–Crippen MR) is 128 cm³/mol. The Balaban J connectivity index is 1.28. The zero-order valence-corrected chi connectivity index (χ0v) is 19.7. The number of ether oxygens (including phenoxy) is 2. The Bertz CT molecular complexity index is 1090. The van der Waals surface area contributed by atoms with Gasteiger partial charge in [-0.2, -0.15) is 0 Å². The predicted octanol–water partition coefficient (Wildman–Crippen LogP) is 3.54. The summed E-state index contributed by atoms with van der Waals surface area (Å²) >= 11 is 0. The summed E-state index contributed by atoms with van der Waals surface area (Å²) in [6.45, 7) is 2.57. The largest absolute Gasteiger partial charge is 0.480 e. The number of fused-ring (bicyclic) bond motifs is 4. The summed E-state index contributed by atoms with van der Waals surface area (Å²) in [4.78, 5) is 39.5. The number of amides is 2. The number of carbonyl (C=O) groups excluding carboxylic acids is 2. The lowest BCUT2D eigenvalue weighted by Crippen LogP contribution is -2.54. The van der Waals surface area contributed by atoms with Crippen LogP contribution in [0.4, 0.5) is 4.79 Å². The topological polar surface area (TPSA) is 105 Å². The third kappa shape index (κ3) is 4.27. The standard InChI is InChI=1S/C27H30N2O6/c1-2-7-21(25(30)29-22-12-13-34-24(22)14-23(29)26(31)32)28-27(33)35-15-20-18-10-5-3-8-16(18)17-9-4-6-11-19(17)20/h3-6,8-11,20-24H,2,7,12-15H2,1H3,(H,28,33)(H,31,32)/t21?,22-,23?,24-/m0/s1. The Morgan fingerprint density at radius 1 is 1.11 bits per heavy atom. The van der Waals surface area contributed by atoms with E-state index in [2.05, 4.69) is 17.4 Å². The van der Waals surface area contributed by atoms with Crippen molar-refractivity contribution < 1.29 is 29.0 Å². The first-order valence-corrected chi connectivity index (χ1v) is 12.3. The molecule has 0 spiro atoms. The maximum Gasteiger partial charge on any atom is 0.407 e. The van der Waals surface area contributed by atoms with Crippen LogP contribution in [-0.2, 0) is 19.1 Å². The minimum Gasteiger partial charge on any atom is -0.480 e. The van der Waals surface area contributed by atoms with E-state index in [9.17, 15) is 19.5 Å². The molecule has 0 radical (unpaired) electrons. The smallest absolute Gasteiger partial charge is 0.407 e. The highest BCUT2D eigenvalue weighted by molar-refractivity contribution is 5.90. The van der Waals surface area contributed by atoms with Gasteiger partial charge in [-0.1, -0.05) is 61.9 Å². The van der Waals surface area contributed by atoms with Gasteiger partial charge in [-0.15, -0.1) is 0 Å². The Morgan fingerprint density at radius 2 is 1.77 bits per heavy atom. The van der Waals surface area contributed by atoms with Crippen molar-refractivity contribution in [2.45, 2.75) is 62.8 Å². The molecule has 2 fully saturated rings. The summed E-state index contributed by atoms with van der Waals surface area (Å²) in [7, 11) is 0. The number of carbonyl (C=O) groups is 3. The first-order chi connectivity index (χ1) is 17.0. The van der Waals surface area contributed by atoms with Gasteiger partial charge in [0.05, 0.1) is 12.1 Å². The van der Waals surface area contributed by atoms with Crippen molar-refractivity contribution in [1.82, 2.24) is 10.2 Å². The molecule has 2 amide bonds. The van der Waals surface area contributed by atoms with Crippen molar-refractivity contribution >= 4 is 18.0 Å². The number of hydrogen-bond acceptors (Lipinski definition) is 5. The SMILES string of the molecule is CCCC(NC(=O)OCC1c2ccccc2-c2ccccc21)C(=O)N1C(C(=O)O)C[C@@H]2OCC[C@@H]21. The fourth-order valence-corrected chi connectivity index (χ4v) is 5.79. The van der Waals surface area contributed by atoms with Crippen LogP contribution >= 0.6 is 0 Å². The average molecular weight is 479 g/mol. The number of hydrogen-bond donors (Lipinski definition) is 2. The number of carboxylic acid groups (broad SMARTS) is 1. The van der Waals surface area contributed by atoms with Crippen LogP contribution < -0.4 is 5.32 Å². The van der Waals surface area contributed by atoms with E-state index in [1.54, 1.807) is 0 Å². The molecule has 8 heteroatoms. The summed E-state index contributed by atoms with van der Waals surface area (Å²) < 4.78 is 11.3. The van der Waals surface area contributed by atoms with Crippen molar-refractivity contribution in [3.63, 3.8) is 0 Å². The van der Waals surface area contributed by atoms with E-state index in [-0.39, 0.29) is 37.0 Å². The lowest BCUT2D eigenvalue weighted by molar-refractivity contribution is -0.150. The number of alkyl carbamates (subject to hydrolysis) is 1. The highest BCUT2D eigenvalue weighted by Gasteiger charge is 2.51. The second-order valence-corrected chi connectivity index (χ2v) is 9.41. The lowest BCUT2D eigenvalue weighted by atomic mass is 9.98. The molecule has 184 valence electrons. The monoisotopic (exact) mass is 478 g/mol. The minimum absolute atomic E-state index is 0.0835. The van der Waals surface area contributed by atoms with E-state index in [4.69, 9.17) is 9.47 Å². The number of aliphatic carboxylic acids is 1. The van der Waals surface area contributed by atoms with Crippen LogP contribution in [0.25, 0.3) is 11.1 Å². The number of nitrogens with zero attached hydrogens (tertiary/aromatic N) is 1. The van der Waals surface area contributed by atoms with Gasteiger partial charge in [0.15, 0.2) is 0 Å². The maximum atomic E-state index is 13.5. The molecule has 2 unspecified atom stereocenters. The van der Waals surface area contributed by atoms with E-state index in [1.165, 1.54) is 4.90 Å². The fourth-order valence-electron chi connectivity index (χ4n) is 5.79. The minimum atomic E-state index is -1.05. The summed E-state index contributed by atoms with van der Waals surface area (Å²) in [6, 6.07) is 14.1. The summed E-state index contributed by atoms with van der Waals surface area (Å²) in [6.07, 6.45) is 0.973. The van der Waals surface area contributed by atoms with Crippen molar-refractivity contribution in [3.05, 3.63) is 59.7 Å². The Morgan fingerprint density at radius 3 is 2.40 bits per heavy atom. The molecule has 2 saturated heterocycles. The lowest BCUT2D eigenvalue weighted by Gasteiger charge is -2.31. The van der Waals surface area contributed by atoms with Crippen LogP contribution in [0.15, 0.2) is 48.5 Å². The maximum absolute atomic E-state index is 13.5. The Hall–Kier alpha value is -3.39. The quantitative estimate of drug-likeness (QED) is 0.631. The molecule has 5 rings (SSSR count). The number of benzene rings is 2. The summed E-state index contributed by atoms with van der Waals surface area (Å²) in [5.41, 5.74) is 4.49. The van der Waals surface area contributed by atoms with E-state index < -0.39 is 24.1 Å². The molecule has 2 N–H and O–H groups in total. The average Bonchev–Trinajstić information content (AvgIpc) is 3.54. The molecule has 0 saturated carbocycles. The molecule has 4 atom stereocenters. The normalized spacial score (nSPS) is 23.3. The molecule has 2 aromatic rings. The van der Waals surface area contributed by atoms with E-state index in [0.29, 0.717) is 25.9 Å². The third-order valence-corrected chi connectivity index (χ3v) is 7.37. The molecule has 1 aliphatic carbocycles. The second-order valence-electron chi connectivity index (χ2n) is 9.41. The van der Waals surface area contributed by atoms with Crippen LogP contribution in [-0.4, -0.2) is 65.4 Å². The zero-order chi connectivity index (χ0) is 24.5. The molecular weight excluding hydrogens is 448 g/mol. The Kier molecular flexibility index (Phi) is 6.47. The first-order valence-electron chi connectivity index (χ1n) is 12.3. The molecule has 2 heterocycles. The fraction of sp³-hybridized carbons (Fsp3) is 0.444. The summed E-state index contributed by atoms with van der Waals surface area (Å²) in [5.74, 6) is -1.52. The molecule has 0 bridgehead atoms. The first kappa shape index (κ1) is 23.4. The van der Waals surface area contributed by atoms with Gasteiger partial charge in [0, 0.05) is 18.9 Å². The van der Waals surface area contributed by atoms with Gasteiger partial charge in [0.1, 0.15) is 18.7 Å². The summed E-state index contributed by atoms with van der Waals surface area (Å²) in [5, 5.41) is 12.4. The van der Waals surface area contributed by atoms with Crippen molar-refractivity contribution in [2.24, 2.45) is 0 Å². The van der Waals surface area contributed by atoms with Crippen LogP contribution in [0.3, 0.4) is 0 Å². The van der Waals surface area contributed by atoms with Gasteiger partial charge in [-0.3, -0.25) is 4.79 Å². The van der Waals surface area contributed by atoms with Gasteiger partial charge in [0.2, 0.25) is 5.91 Å². The van der Waals surface area contributed by atoms with Gasteiger partial charge in [-0.05, 0) is 35.1 Å². The Labute approximate surface area is 204 Å². The number of carboxylic acids is 1. The third-order valence-electron chi connectivity index (χ3n) is 7.37. The number of likely N-dealkylation sites (tertiary alicyclic amines) is 1. The van der Waals surface area contributed by atoms with Gasteiger partial charge >= 0.3 is 12.1 Å². The van der Waals surface area contributed by atoms with Crippen LogP contribution in [0.5, 0.6) is 0 Å². The molecule has 3 aliphatic rings. The van der Waals surface area contributed by atoms with Crippen LogP contribution in [0.2, 0.25) is 0 Å². The molecule has 35 heavy (non-hydrogen) atoms. The van der Waals surface area contributed by atoms with E-state index in [1.807, 2.05) is 43.3 Å². The molecule has 0 aromatic heterocycles. The van der Waals surface area contributed by atoms with Gasteiger partial charge in [0.25, 0.3) is 0 Å². The van der Waals surface area contributed by atoms with Crippen molar-refractivity contribution in [1.29, 1.82) is 0 Å². The molecule has 2 aromatic carbocycles. The molecule has 8 nitrogen and oxygen atoms in total. The number of nitrogens with one attached hydrogen (secondary N) is 1. The highest BCUT2D eigenvalue weighted by atomic mass is 16.5. The van der Waals surface area contributed by atoms with E-state index >= 15 is 0 Å². The second kappa shape index (κ2) is 9.70. The van der Waals surface area contributed by atoms with Crippen molar-refractivity contribution in [3.8, 4) is 11.1 Å². The van der Waals surface area contributed by atoms with E-state index in [0.717, 1.165) is 22.3 Å². The number of rotatable bonds is 7. The van der Waals surface area contributed by atoms with Gasteiger partial charge in [-0.25, -0.2) is 9.59 Å². The molecule has 2 aliphatic heterocycles. The highest BCUT2D eigenvalue weighted by Crippen LogP contribution is 2.44. The van der Waals surface area contributed by atoms with Crippen molar-refractivity contribution in [2.75, 3.05) is 13.2 Å². The zero-order valence-electron chi connectivity index (χ0n) is 19.7.